The van der Waals surface area contributed by atoms with E-state index < -0.39 is 26.1 Å². The molecule has 1 aromatic rings. The Balaban J connectivity index is 1.63. The molecule has 2 saturated heterocycles. The van der Waals surface area contributed by atoms with E-state index in [-0.39, 0.29) is 25.9 Å². The van der Waals surface area contributed by atoms with Crippen molar-refractivity contribution in [3.63, 3.8) is 0 Å². The van der Waals surface area contributed by atoms with E-state index >= 15 is 0 Å². The molecule has 1 unspecified atom stereocenters. The third kappa shape index (κ3) is 3.69. The molecule has 3 heterocycles. The van der Waals surface area contributed by atoms with Crippen LogP contribution in [0.1, 0.15) is 18.1 Å². The minimum atomic E-state index is -3.60. The Bertz CT molecular complexity index is 538. The Hall–Kier alpha value is -0.740. The Morgan fingerprint density at radius 3 is 2.78 bits per heavy atom. The molecule has 0 saturated carbocycles. The van der Waals surface area contributed by atoms with Crippen LogP contribution in [0, 0.1) is 0 Å². The zero-order valence-electron chi connectivity index (χ0n) is 12.3. The molecule has 0 spiro atoms. The summed E-state index contributed by atoms with van der Waals surface area (Å²) in [6, 6.07) is 3.57. The maximum atomic E-state index is 10.4. The first-order chi connectivity index (χ1) is 10.9. The summed E-state index contributed by atoms with van der Waals surface area (Å²) in [6.45, 7) is -0.237. The van der Waals surface area contributed by atoms with Crippen molar-refractivity contribution in [1.29, 1.82) is 0 Å². The number of rotatable bonds is 4. The minimum absolute atomic E-state index is 0.112. The van der Waals surface area contributed by atoms with Crippen molar-refractivity contribution >= 4 is 8.17 Å². The van der Waals surface area contributed by atoms with Gasteiger partial charge in [-0.15, -0.1) is 9.05 Å². The fraction of sp³-hybridized carbons (Fsp3) is 0.615. The number of hydrogen-bond donors (Lipinski definition) is 4. The van der Waals surface area contributed by atoms with Crippen LogP contribution in [0.3, 0.4) is 0 Å². The van der Waals surface area contributed by atoms with Crippen LogP contribution in [0.2, 0.25) is 0 Å². The Morgan fingerprint density at radius 1 is 1.39 bits per heavy atom. The van der Waals surface area contributed by atoms with Gasteiger partial charge >= 0.3 is 8.17 Å². The summed E-state index contributed by atoms with van der Waals surface area (Å²) in [5, 5.41) is 19.3. The van der Waals surface area contributed by atoms with Crippen molar-refractivity contribution in [3.05, 3.63) is 30.1 Å². The zero-order valence-corrected chi connectivity index (χ0v) is 13.2. The van der Waals surface area contributed by atoms with Crippen LogP contribution in [0.4, 0.5) is 0 Å². The highest BCUT2D eigenvalue weighted by atomic mass is 31.2. The topological polar surface area (TPSA) is 137 Å². The van der Waals surface area contributed by atoms with Gasteiger partial charge in [0.25, 0.3) is 0 Å². The molecule has 1 aromatic heterocycles. The van der Waals surface area contributed by atoms with E-state index in [1.807, 2.05) is 0 Å². The molecule has 0 aliphatic carbocycles. The number of nitrogens with zero attached hydrogens (tertiary/aromatic N) is 1. The van der Waals surface area contributed by atoms with Gasteiger partial charge < -0.3 is 14.9 Å². The molecule has 2 aliphatic rings. The van der Waals surface area contributed by atoms with E-state index in [0.29, 0.717) is 6.42 Å². The van der Waals surface area contributed by atoms with E-state index in [9.17, 15) is 15.1 Å². The highest BCUT2D eigenvalue weighted by Gasteiger charge is 2.55. The molecule has 9 nitrogen and oxygen atoms in total. The number of hydrogen-bond acceptors (Lipinski definition) is 9. The number of pyridine rings is 1. The molecule has 5 atom stereocenters. The molecule has 2 fully saturated rings. The maximum Gasteiger partial charge on any atom is 0.573 e. The van der Waals surface area contributed by atoms with Gasteiger partial charge in [0.2, 0.25) is 0 Å². The fourth-order valence-electron chi connectivity index (χ4n) is 2.44. The Morgan fingerprint density at radius 2 is 2.13 bits per heavy atom. The molecule has 0 bridgehead atoms. The predicted molar refractivity (Wildman–Crippen MR) is 78.6 cm³/mol. The standard InChI is InChI=1S/C13H20N2O7P/c14-13(12(17)10(16)7-19-13)8-21-23(18)20-6-3-11(22-23)9-1-4-15-5-2-9/h1-2,4-5,10-12,16-18H,3,6-8,14H2/q+1/t10-,11+,12+,13-,23?/m1/s1. The average Bonchev–Trinajstić information content (AvgIpc) is 2.82. The van der Waals surface area contributed by atoms with Gasteiger partial charge in [-0.2, -0.15) is 9.42 Å². The molecular weight excluding hydrogens is 327 g/mol. The predicted octanol–water partition coefficient (Wildman–Crippen LogP) is -0.347. The lowest BCUT2D eigenvalue weighted by Crippen LogP contribution is -2.54. The number of nitrogens with two attached hydrogens (primary N) is 1. The number of aliphatic hydroxyl groups is 2. The molecule has 2 aliphatic heterocycles. The molecule has 0 radical (unpaired) electrons. The van der Waals surface area contributed by atoms with Crippen molar-refractivity contribution in [3.8, 4) is 0 Å². The average molecular weight is 347 g/mol. The monoisotopic (exact) mass is 347 g/mol. The van der Waals surface area contributed by atoms with Crippen LogP contribution in [-0.4, -0.2) is 57.8 Å². The van der Waals surface area contributed by atoms with E-state index in [4.69, 9.17) is 24.0 Å². The molecule has 128 valence electrons. The van der Waals surface area contributed by atoms with Crippen molar-refractivity contribution in [1.82, 2.24) is 4.98 Å². The van der Waals surface area contributed by atoms with E-state index in [0.717, 1.165) is 5.56 Å². The van der Waals surface area contributed by atoms with Gasteiger partial charge in [0, 0.05) is 18.8 Å². The van der Waals surface area contributed by atoms with E-state index in [1.165, 1.54) is 0 Å². The summed E-state index contributed by atoms with van der Waals surface area (Å²) in [4.78, 5) is 14.3. The Kier molecular flexibility index (Phi) is 4.93. The number of aliphatic hydroxyl groups excluding tert-OH is 2. The fourth-order valence-corrected chi connectivity index (χ4v) is 3.89. The highest BCUT2D eigenvalue weighted by molar-refractivity contribution is 7.55. The van der Waals surface area contributed by atoms with Crippen molar-refractivity contribution in [2.75, 3.05) is 19.8 Å². The lowest BCUT2D eigenvalue weighted by molar-refractivity contribution is -0.100. The molecule has 0 aromatic carbocycles. The lowest BCUT2D eigenvalue weighted by Gasteiger charge is -2.29. The number of aromatic nitrogens is 1. The zero-order chi connectivity index (χ0) is 16.5. The normalized spacial score (nSPS) is 41.1. The second-order valence-electron chi connectivity index (χ2n) is 5.52. The van der Waals surface area contributed by atoms with Crippen LogP contribution in [0.5, 0.6) is 0 Å². The third-order valence-corrected chi connectivity index (χ3v) is 5.30. The second kappa shape index (κ2) is 6.64. The van der Waals surface area contributed by atoms with Gasteiger partial charge in [0.1, 0.15) is 31.5 Å². The lowest BCUT2D eigenvalue weighted by atomic mass is 10.1. The summed E-state index contributed by atoms with van der Waals surface area (Å²) < 4.78 is 21.3. The molecular formula is C13H20N2O7P+. The van der Waals surface area contributed by atoms with E-state index in [2.05, 4.69) is 4.98 Å². The highest BCUT2D eigenvalue weighted by Crippen LogP contribution is 2.64. The minimum Gasteiger partial charge on any atom is -0.388 e. The molecule has 5 N–H and O–H groups in total. The summed E-state index contributed by atoms with van der Waals surface area (Å²) in [6.07, 6.45) is 1.00. The van der Waals surface area contributed by atoms with E-state index in [1.54, 1.807) is 24.5 Å². The number of ether oxygens (including phenoxy) is 1. The SMILES string of the molecule is N[C@]1(CO[P+]2(O)OCC[C@@H](c3ccncc3)O2)OC[C@@H](O)[C@@H]1O. The third-order valence-electron chi connectivity index (χ3n) is 3.81. The molecule has 10 heteroatoms. The molecule has 23 heavy (non-hydrogen) atoms. The molecule has 3 rings (SSSR count). The van der Waals surface area contributed by atoms with Gasteiger partial charge in [0.05, 0.1) is 6.61 Å². The van der Waals surface area contributed by atoms with Crippen LogP contribution in [-0.2, 0) is 18.3 Å². The molecule has 0 amide bonds. The van der Waals surface area contributed by atoms with Gasteiger partial charge in [0.15, 0.2) is 5.72 Å². The summed E-state index contributed by atoms with van der Waals surface area (Å²) in [7, 11) is -3.60. The smallest absolute Gasteiger partial charge is 0.388 e. The maximum absolute atomic E-state index is 10.4. The first-order valence-electron chi connectivity index (χ1n) is 7.20. The van der Waals surface area contributed by atoms with Crippen molar-refractivity contribution < 1.29 is 33.4 Å². The van der Waals surface area contributed by atoms with Gasteiger partial charge in [-0.3, -0.25) is 10.7 Å². The van der Waals surface area contributed by atoms with Crippen LogP contribution < -0.4 is 5.73 Å². The van der Waals surface area contributed by atoms with Crippen LogP contribution in [0.25, 0.3) is 0 Å². The van der Waals surface area contributed by atoms with Crippen LogP contribution in [0.15, 0.2) is 24.5 Å². The Labute approximate surface area is 133 Å². The first-order valence-corrected chi connectivity index (χ1v) is 8.70. The summed E-state index contributed by atoms with van der Waals surface area (Å²) in [5.74, 6) is 0. The van der Waals surface area contributed by atoms with Crippen LogP contribution >= 0.6 is 8.17 Å². The van der Waals surface area contributed by atoms with Crippen molar-refractivity contribution in [2.24, 2.45) is 5.73 Å². The van der Waals surface area contributed by atoms with Gasteiger partial charge in [-0.1, -0.05) is 0 Å². The second-order valence-corrected chi connectivity index (χ2v) is 7.18. The summed E-state index contributed by atoms with van der Waals surface area (Å²) in [5.41, 5.74) is 5.07. The van der Waals surface area contributed by atoms with Gasteiger partial charge in [-0.05, 0) is 17.7 Å². The van der Waals surface area contributed by atoms with Gasteiger partial charge in [-0.25, -0.2) is 0 Å². The largest absolute Gasteiger partial charge is 0.573 e. The van der Waals surface area contributed by atoms with Crippen molar-refractivity contribution in [2.45, 2.75) is 30.5 Å². The summed E-state index contributed by atoms with van der Waals surface area (Å²) >= 11 is 0. The quantitative estimate of drug-likeness (QED) is 0.539. The first kappa shape index (κ1) is 17.1.